The maximum atomic E-state index is 13.3. The summed E-state index contributed by atoms with van der Waals surface area (Å²) in [5.41, 5.74) is -1.38. The molecule has 33 heavy (non-hydrogen) atoms. The molecule has 1 aromatic heterocycles. The third-order valence-electron chi connectivity index (χ3n) is 5.49. The molecule has 0 saturated carbocycles. The molecule has 1 saturated heterocycles. The molecular weight excluding hydrogens is 450 g/mol. The Labute approximate surface area is 184 Å². The van der Waals surface area contributed by atoms with Gasteiger partial charge in [-0.25, -0.2) is 9.97 Å². The Morgan fingerprint density at radius 1 is 1.00 bits per heavy atom. The molecule has 3 aromatic rings. The SMILES string of the molecule is O=C1CCC(Nc2ncnc3ccc(C(F)(F)F)cc23)CN1Cc1ccccc1C(F)(F)F. The van der Waals surface area contributed by atoms with Crippen molar-refractivity contribution in [2.75, 3.05) is 11.9 Å². The second-order valence-corrected chi connectivity index (χ2v) is 7.76. The largest absolute Gasteiger partial charge is 0.416 e. The Morgan fingerprint density at radius 3 is 2.48 bits per heavy atom. The third-order valence-corrected chi connectivity index (χ3v) is 5.49. The van der Waals surface area contributed by atoms with Gasteiger partial charge >= 0.3 is 12.4 Å². The van der Waals surface area contributed by atoms with Crippen molar-refractivity contribution in [2.45, 2.75) is 37.8 Å². The van der Waals surface area contributed by atoms with Gasteiger partial charge in [0.05, 0.1) is 16.6 Å². The van der Waals surface area contributed by atoms with Crippen LogP contribution in [-0.2, 0) is 23.7 Å². The van der Waals surface area contributed by atoms with E-state index in [1.165, 1.54) is 35.5 Å². The minimum Gasteiger partial charge on any atom is -0.365 e. The molecule has 4 rings (SSSR count). The summed E-state index contributed by atoms with van der Waals surface area (Å²) in [5.74, 6) is -0.127. The van der Waals surface area contributed by atoms with Gasteiger partial charge in [-0.05, 0) is 36.2 Å². The second kappa shape index (κ2) is 8.53. The van der Waals surface area contributed by atoms with Gasteiger partial charge in [0, 0.05) is 30.9 Å². The van der Waals surface area contributed by atoms with E-state index in [1.54, 1.807) is 0 Å². The first-order chi connectivity index (χ1) is 15.5. The van der Waals surface area contributed by atoms with Gasteiger partial charge in [0.15, 0.2) is 0 Å². The number of carbonyl (C=O) groups is 1. The topological polar surface area (TPSA) is 58.1 Å². The predicted molar refractivity (Wildman–Crippen MR) is 108 cm³/mol. The number of rotatable bonds is 4. The van der Waals surface area contributed by atoms with Crippen molar-refractivity contribution in [3.63, 3.8) is 0 Å². The van der Waals surface area contributed by atoms with Crippen LogP contribution in [0.25, 0.3) is 10.9 Å². The molecule has 1 unspecified atom stereocenters. The van der Waals surface area contributed by atoms with Crippen LogP contribution in [-0.4, -0.2) is 33.4 Å². The van der Waals surface area contributed by atoms with Gasteiger partial charge < -0.3 is 10.2 Å². The van der Waals surface area contributed by atoms with Gasteiger partial charge in [0.2, 0.25) is 5.91 Å². The lowest BCUT2D eigenvalue weighted by Crippen LogP contribution is -2.45. The number of amides is 1. The molecule has 1 aliphatic rings. The van der Waals surface area contributed by atoms with E-state index in [0.29, 0.717) is 11.9 Å². The molecule has 0 radical (unpaired) electrons. The summed E-state index contributed by atoms with van der Waals surface area (Å²) < 4.78 is 79.4. The fourth-order valence-corrected chi connectivity index (χ4v) is 3.87. The highest BCUT2D eigenvalue weighted by Crippen LogP contribution is 2.34. The van der Waals surface area contributed by atoms with Gasteiger partial charge in [-0.2, -0.15) is 26.3 Å². The molecule has 5 nitrogen and oxygen atoms in total. The van der Waals surface area contributed by atoms with Crippen molar-refractivity contribution < 1.29 is 31.1 Å². The van der Waals surface area contributed by atoms with Crippen LogP contribution in [0.2, 0.25) is 0 Å². The summed E-state index contributed by atoms with van der Waals surface area (Å²) in [7, 11) is 0. The smallest absolute Gasteiger partial charge is 0.365 e. The summed E-state index contributed by atoms with van der Waals surface area (Å²) >= 11 is 0. The van der Waals surface area contributed by atoms with Crippen LogP contribution >= 0.6 is 0 Å². The summed E-state index contributed by atoms with van der Waals surface area (Å²) in [6.07, 6.45) is -7.43. The molecule has 174 valence electrons. The Kier molecular flexibility index (Phi) is 5.89. The number of halogens is 6. The average Bonchev–Trinajstić information content (AvgIpc) is 2.75. The normalized spacial score (nSPS) is 17.5. The van der Waals surface area contributed by atoms with Crippen LogP contribution in [0.3, 0.4) is 0 Å². The molecule has 2 heterocycles. The standard InChI is InChI=1S/C22H18F6N4O/c23-21(24,25)14-5-7-18-16(9-14)20(30-12-29-18)31-15-6-8-19(33)32(11-15)10-13-3-1-2-4-17(13)22(26,27)28/h1-5,7,9,12,15H,6,8,10-11H2,(H,29,30,31). The van der Waals surface area contributed by atoms with Crippen LogP contribution in [0.5, 0.6) is 0 Å². The fourth-order valence-electron chi connectivity index (χ4n) is 3.87. The average molecular weight is 468 g/mol. The molecule has 0 bridgehead atoms. The minimum absolute atomic E-state index is 0.0266. The Hall–Kier alpha value is -3.37. The third kappa shape index (κ3) is 5.01. The van der Waals surface area contributed by atoms with E-state index < -0.39 is 29.5 Å². The van der Waals surface area contributed by atoms with E-state index in [1.807, 2.05) is 0 Å². The van der Waals surface area contributed by atoms with Crippen molar-refractivity contribution in [3.8, 4) is 0 Å². The number of nitrogens with zero attached hydrogens (tertiary/aromatic N) is 3. The lowest BCUT2D eigenvalue weighted by molar-refractivity contribution is -0.140. The van der Waals surface area contributed by atoms with Crippen molar-refractivity contribution in [2.24, 2.45) is 0 Å². The fraction of sp³-hybridized carbons (Fsp3) is 0.318. The highest BCUT2D eigenvalue weighted by molar-refractivity contribution is 5.89. The lowest BCUT2D eigenvalue weighted by atomic mass is 10.0. The van der Waals surface area contributed by atoms with E-state index in [0.717, 1.165) is 18.2 Å². The molecule has 0 aliphatic carbocycles. The highest BCUT2D eigenvalue weighted by Gasteiger charge is 2.35. The van der Waals surface area contributed by atoms with Gasteiger partial charge in [0.1, 0.15) is 12.1 Å². The van der Waals surface area contributed by atoms with Crippen molar-refractivity contribution >= 4 is 22.6 Å². The van der Waals surface area contributed by atoms with Gasteiger partial charge in [0.25, 0.3) is 0 Å². The molecule has 1 fully saturated rings. The molecule has 1 atom stereocenters. The lowest BCUT2D eigenvalue weighted by Gasteiger charge is -2.34. The number of nitrogens with one attached hydrogen (secondary N) is 1. The number of fused-ring (bicyclic) bond motifs is 1. The number of benzene rings is 2. The second-order valence-electron chi connectivity index (χ2n) is 7.76. The Bertz CT molecular complexity index is 1180. The summed E-state index contributed by atoms with van der Waals surface area (Å²) in [6, 6.07) is 7.75. The number of likely N-dealkylation sites (tertiary alicyclic amines) is 1. The molecular formula is C22H18F6N4O. The first-order valence-corrected chi connectivity index (χ1v) is 10.0. The van der Waals surface area contributed by atoms with Crippen LogP contribution < -0.4 is 5.32 Å². The molecule has 11 heteroatoms. The first kappa shape index (κ1) is 22.8. The van der Waals surface area contributed by atoms with E-state index in [-0.39, 0.29) is 42.2 Å². The molecule has 1 N–H and O–H groups in total. The quantitative estimate of drug-likeness (QED) is 0.530. The molecule has 1 aliphatic heterocycles. The van der Waals surface area contributed by atoms with E-state index >= 15 is 0 Å². The van der Waals surface area contributed by atoms with Crippen LogP contribution in [0.4, 0.5) is 32.2 Å². The first-order valence-electron chi connectivity index (χ1n) is 10.0. The number of hydrogen-bond donors (Lipinski definition) is 1. The Balaban J connectivity index is 1.56. The number of carbonyl (C=O) groups excluding carboxylic acids is 1. The van der Waals surface area contributed by atoms with Gasteiger partial charge in [-0.3, -0.25) is 4.79 Å². The number of alkyl halides is 6. The van der Waals surface area contributed by atoms with E-state index in [9.17, 15) is 31.1 Å². The van der Waals surface area contributed by atoms with Crippen molar-refractivity contribution in [1.82, 2.24) is 14.9 Å². The number of hydrogen-bond acceptors (Lipinski definition) is 4. The van der Waals surface area contributed by atoms with E-state index in [2.05, 4.69) is 15.3 Å². The monoisotopic (exact) mass is 468 g/mol. The van der Waals surface area contributed by atoms with Gasteiger partial charge in [-0.15, -0.1) is 0 Å². The minimum atomic E-state index is -4.55. The highest BCUT2D eigenvalue weighted by atomic mass is 19.4. The molecule has 1 amide bonds. The van der Waals surface area contributed by atoms with Crippen molar-refractivity contribution in [3.05, 3.63) is 65.5 Å². The maximum absolute atomic E-state index is 13.3. The number of anilines is 1. The summed E-state index contributed by atoms with van der Waals surface area (Å²) in [4.78, 5) is 21.7. The number of aromatic nitrogens is 2. The zero-order valence-corrected chi connectivity index (χ0v) is 17.0. The zero-order valence-electron chi connectivity index (χ0n) is 17.0. The molecule has 0 spiro atoms. The maximum Gasteiger partial charge on any atom is 0.416 e. The van der Waals surface area contributed by atoms with Crippen LogP contribution in [0, 0.1) is 0 Å². The van der Waals surface area contributed by atoms with Crippen LogP contribution in [0.1, 0.15) is 29.5 Å². The summed E-state index contributed by atoms with van der Waals surface area (Å²) in [5, 5.41) is 3.21. The van der Waals surface area contributed by atoms with E-state index in [4.69, 9.17) is 0 Å². The van der Waals surface area contributed by atoms with Gasteiger partial charge in [-0.1, -0.05) is 18.2 Å². The Morgan fingerprint density at radius 2 is 1.76 bits per heavy atom. The molecule has 2 aromatic carbocycles. The van der Waals surface area contributed by atoms with Crippen molar-refractivity contribution in [1.29, 1.82) is 0 Å². The predicted octanol–water partition coefficient (Wildman–Crippen LogP) is 5.27. The zero-order chi connectivity index (χ0) is 23.8. The van der Waals surface area contributed by atoms with Crippen LogP contribution in [0.15, 0.2) is 48.8 Å². The summed E-state index contributed by atoms with van der Waals surface area (Å²) in [6.45, 7) is -0.148. The number of piperidine rings is 1.